The molecule has 0 radical (unpaired) electrons. The number of nitrogens with zero attached hydrogens (tertiary/aromatic N) is 3. The monoisotopic (exact) mass is 440 g/mol. The molecule has 5 rings (SSSR count). The molecule has 0 bridgehead atoms. The fourth-order valence-electron chi connectivity index (χ4n) is 4.08. The molecule has 0 aliphatic carbocycles. The minimum absolute atomic E-state index is 0.0323. The van der Waals surface area contributed by atoms with E-state index in [9.17, 15) is 14.0 Å². The molecule has 0 unspecified atom stereocenters. The molecule has 1 N–H and O–H groups in total. The third-order valence-electron chi connectivity index (χ3n) is 5.60. The van der Waals surface area contributed by atoms with Gasteiger partial charge in [0.2, 0.25) is 5.91 Å². The maximum absolute atomic E-state index is 13.5. The Bertz CT molecular complexity index is 1550. The Kier molecular flexibility index (Phi) is 5.22. The Morgan fingerprint density at radius 2 is 1.82 bits per heavy atom. The van der Waals surface area contributed by atoms with Gasteiger partial charge in [-0.15, -0.1) is 0 Å². The van der Waals surface area contributed by atoms with E-state index < -0.39 is 0 Å². The van der Waals surface area contributed by atoms with E-state index in [1.165, 1.54) is 23.0 Å². The number of aromatic nitrogens is 3. The second-order valence-corrected chi connectivity index (χ2v) is 8.02. The standard InChI is InChI=1S/C26H21FN4O2/c1-17-5-4-6-20(13-17)29-23(32)15-31-22-8-3-2-7-21(22)24-25(31)26(33)30(16-28-24)14-18-9-11-19(27)12-10-18/h2-13,16H,14-15H2,1H3,(H,29,32). The van der Waals surface area contributed by atoms with Crippen LogP contribution in [-0.4, -0.2) is 20.0 Å². The van der Waals surface area contributed by atoms with Gasteiger partial charge in [0, 0.05) is 11.1 Å². The highest BCUT2D eigenvalue weighted by molar-refractivity contribution is 6.06. The van der Waals surface area contributed by atoms with Gasteiger partial charge in [-0.3, -0.25) is 14.2 Å². The first kappa shape index (κ1) is 20.6. The minimum atomic E-state index is -0.334. The van der Waals surface area contributed by atoms with Gasteiger partial charge in [0.05, 0.1) is 18.4 Å². The van der Waals surface area contributed by atoms with E-state index in [0.29, 0.717) is 16.7 Å². The second-order valence-electron chi connectivity index (χ2n) is 8.02. The fourth-order valence-corrected chi connectivity index (χ4v) is 4.08. The van der Waals surface area contributed by atoms with Crippen molar-refractivity contribution in [1.82, 2.24) is 14.1 Å². The van der Waals surface area contributed by atoms with Gasteiger partial charge in [0.25, 0.3) is 5.56 Å². The van der Waals surface area contributed by atoms with Crippen LogP contribution in [0.25, 0.3) is 21.9 Å². The van der Waals surface area contributed by atoms with Crippen molar-refractivity contribution >= 4 is 33.5 Å². The first-order valence-corrected chi connectivity index (χ1v) is 10.6. The van der Waals surface area contributed by atoms with Crippen molar-refractivity contribution in [2.24, 2.45) is 0 Å². The Labute approximate surface area is 188 Å². The summed E-state index contributed by atoms with van der Waals surface area (Å²) in [6.07, 6.45) is 1.50. The van der Waals surface area contributed by atoms with Crippen LogP contribution < -0.4 is 10.9 Å². The number of benzene rings is 3. The number of hydrogen-bond acceptors (Lipinski definition) is 3. The summed E-state index contributed by atoms with van der Waals surface area (Å²) >= 11 is 0. The molecule has 0 saturated heterocycles. The van der Waals surface area contributed by atoms with Crippen molar-refractivity contribution in [3.8, 4) is 0 Å². The number of carbonyl (C=O) groups excluding carboxylic acids is 1. The number of anilines is 1. The van der Waals surface area contributed by atoms with Crippen molar-refractivity contribution in [3.05, 3.63) is 106 Å². The average Bonchev–Trinajstić information content (AvgIpc) is 3.11. The number of amides is 1. The largest absolute Gasteiger partial charge is 0.325 e. The van der Waals surface area contributed by atoms with Crippen LogP contribution in [0.2, 0.25) is 0 Å². The zero-order chi connectivity index (χ0) is 22.9. The summed E-state index contributed by atoms with van der Waals surface area (Å²) in [6.45, 7) is 2.17. The molecular weight excluding hydrogens is 419 g/mol. The third kappa shape index (κ3) is 4.01. The lowest BCUT2D eigenvalue weighted by Gasteiger charge is -2.10. The van der Waals surface area contributed by atoms with Crippen LogP contribution in [-0.2, 0) is 17.9 Å². The molecule has 0 fully saturated rings. The highest BCUT2D eigenvalue weighted by atomic mass is 19.1. The molecule has 164 valence electrons. The number of fused-ring (bicyclic) bond motifs is 3. The zero-order valence-electron chi connectivity index (χ0n) is 18.0. The van der Waals surface area contributed by atoms with Gasteiger partial charge in [-0.25, -0.2) is 9.37 Å². The van der Waals surface area contributed by atoms with Gasteiger partial charge >= 0.3 is 0 Å². The Balaban J connectivity index is 1.57. The molecule has 7 heteroatoms. The molecule has 2 heterocycles. The highest BCUT2D eigenvalue weighted by Crippen LogP contribution is 2.25. The van der Waals surface area contributed by atoms with Crippen molar-refractivity contribution in [2.45, 2.75) is 20.0 Å². The van der Waals surface area contributed by atoms with Gasteiger partial charge in [0.1, 0.15) is 23.4 Å². The quantitative estimate of drug-likeness (QED) is 0.438. The molecule has 0 spiro atoms. The topological polar surface area (TPSA) is 68.9 Å². The fraction of sp³-hybridized carbons (Fsp3) is 0.115. The normalized spacial score (nSPS) is 11.2. The van der Waals surface area contributed by atoms with Crippen LogP contribution in [0.4, 0.5) is 10.1 Å². The molecule has 0 saturated carbocycles. The van der Waals surface area contributed by atoms with Crippen LogP contribution in [0.3, 0.4) is 0 Å². The van der Waals surface area contributed by atoms with Crippen LogP contribution in [0.1, 0.15) is 11.1 Å². The predicted molar refractivity (Wildman–Crippen MR) is 127 cm³/mol. The number of carbonyl (C=O) groups is 1. The number of para-hydroxylation sites is 1. The smallest absolute Gasteiger partial charge is 0.278 e. The van der Waals surface area contributed by atoms with Crippen molar-refractivity contribution in [1.29, 1.82) is 0 Å². The highest BCUT2D eigenvalue weighted by Gasteiger charge is 2.18. The van der Waals surface area contributed by atoms with Crippen LogP contribution in [0.15, 0.2) is 83.9 Å². The molecule has 33 heavy (non-hydrogen) atoms. The number of halogens is 1. The molecule has 0 atom stereocenters. The third-order valence-corrected chi connectivity index (χ3v) is 5.60. The van der Waals surface area contributed by atoms with Crippen molar-refractivity contribution in [2.75, 3.05) is 5.32 Å². The maximum Gasteiger partial charge on any atom is 0.278 e. The molecular formula is C26H21FN4O2. The summed E-state index contributed by atoms with van der Waals surface area (Å²) in [4.78, 5) is 30.9. The van der Waals surface area contributed by atoms with E-state index in [4.69, 9.17) is 0 Å². The molecule has 2 aromatic heterocycles. The number of hydrogen-bond donors (Lipinski definition) is 1. The lowest BCUT2D eigenvalue weighted by molar-refractivity contribution is -0.116. The number of nitrogens with one attached hydrogen (secondary N) is 1. The summed E-state index contributed by atoms with van der Waals surface area (Å²) in [5.41, 5.74) is 3.93. The van der Waals surface area contributed by atoms with Crippen LogP contribution in [0.5, 0.6) is 0 Å². The molecule has 0 aliphatic heterocycles. The Morgan fingerprint density at radius 3 is 2.61 bits per heavy atom. The van der Waals surface area contributed by atoms with Gasteiger partial charge in [-0.2, -0.15) is 0 Å². The summed E-state index contributed by atoms with van der Waals surface area (Å²) in [5, 5.41) is 3.71. The van der Waals surface area contributed by atoms with Gasteiger partial charge in [-0.1, -0.05) is 42.5 Å². The summed E-state index contributed by atoms with van der Waals surface area (Å²) in [6, 6.07) is 21.1. The van der Waals surface area contributed by atoms with Gasteiger partial charge in [0.15, 0.2) is 0 Å². The van der Waals surface area contributed by atoms with E-state index >= 15 is 0 Å². The molecule has 1 amide bonds. The van der Waals surface area contributed by atoms with E-state index in [1.54, 1.807) is 16.7 Å². The molecule has 0 aliphatic rings. The van der Waals surface area contributed by atoms with E-state index in [2.05, 4.69) is 10.3 Å². The number of rotatable bonds is 5. The molecule has 5 aromatic rings. The molecule has 3 aromatic carbocycles. The lowest BCUT2D eigenvalue weighted by Crippen LogP contribution is -2.25. The SMILES string of the molecule is Cc1cccc(NC(=O)Cn2c3ccccc3c3ncn(Cc4ccc(F)cc4)c(=O)c32)c1. The minimum Gasteiger partial charge on any atom is -0.325 e. The molecule has 6 nitrogen and oxygen atoms in total. The van der Waals surface area contributed by atoms with Crippen molar-refractivity contribution < 1.29 is 9.18 Å². The zero-order valence-corrected chi connectivity index (χ0v) is 18.0. The van der Waals surface area contributed by atoms with Crippen molar-refractivity contribution in [3.63, 3.8) is 0 Å². The average molecular weight is 440 g/mol. The van der Waals surface area contributed by atoms with Gasteiger partial charge in [-0.05, 0) is 48.4 Å². The lowest BCUT2D eigenvalue weighted by atomic mass is 10.2. The van der Waals surface area contributed by atoms with Crippen LogP contribution in [0, 0.1) is 12.7 Å². The summed E-state index contributed by atoms with van der Waals surface area (Å²) in [7, 11) is 0. The summed E-state index contributed by atoms with van der Waals surface area (Å²) in [5.74, 6) is -0.573. The second kappa shape index (κ2) is 8.35. The first-order chi connectivity index (χ1) is 16.0. The van der Waals surface area contributed by atoms with Crippen LogP contribution >= 0.6 is 0 Å². The van der Waals surface area contributed by atoms with Gasteiger partial charge < -0.3 is 9.88 Å². The maximum atomic E-state index is 13.5. The Hall–Kier alpha value is -4.26. The van der Waals surface area contributed by atoms with E-state index in [0.717, 1.165) is 22.0 Å². The number of aryl methyl sites for hydroxylation is 1. The van der Waals surface area contributed by atoms with E-state index in [1.807, 2.05) is 55.5 Å². The Morgan fingerprint density at radius 1 is 1.03 bits per heavy atom. The summed E-state index contributed by atoms with van der Waals surface area (Å²) < 4.78 is 16.5. The predicted octanol–water partition coefficient (Wildman–Crippen LogP) is 4.49. The first-order valence-electron chi connectivity index (χ1n) is 10.6. The van der Waals surface area contributed by atoms with E-state index in [-0.39, 0.29) is 30.4 Å².